The van der Waals surface area contributed by atoms with Crippen molar-refractivity contribution in [2.45, 2.75) is 19.9 Å². The van der Waals surface area contributed by atoms with Gasteiger partial charge in [0, 0.05) is 17.1 Å². The van der Waals surface area contributed by atoms with Crippen LogP contribution in [0, 0.1) is 19.7 Å². The van der Waals surface area contributed by atoms with Crippen molar-refractivity contribution in [1.82, 2.24) is 15.1 Å². The van der Waals surface area contributed by atoms with Gasteiger partial charge in [0.2, 0.25) is 0 Å². The Kier molecular flexibility index (Phi) is 5.14. The topological polar surface area (TPSA) is 59.0 Å². The number of amides is 2. The van der Waals surface area contributed by atoms with Crippen LogP contribution < -0.4 is 10.6 Å². The number of hydrogen-bond donors (Lipinski definition) is 2. The Balaban J connectivity index is 1.72. The van der Waals surface area contributed by atoms with Crippen molar-refractivity contribution in [3.63, 3.8) is 0 Å². The summed E-state index contributed by atoms with van der Waals surface area (Å²) in [5.74, 6) is -0.467. The van der Waals surface area contributed by atoms with Crippen molar-refractivity contribution < 1.29 is 9.18 Å². The summed E-state index contributed by atoms with van der Waals surface area (Å²) in [6.07, 6.45) is 0. The molecule has 0 aliphatic heterocycles. The van der Waals surface area contributed by atoms with Crippen molar-refractivity contribution >= 4 is 23.1 Å². The normalized spacial score (nSPS) is 12.0. The molecule has 25 heavy (non-hydrogen) atoms. The van der Waals surface area contributed by atoms with Crippen molar-refractivity contribution in [3.8, 4) is 0 Å². The fourth-order valence-corrected chi connectivity index (χ4v) is 3.48. The minimum Gasteiger partial charge on any atom is -0.335 e. The number of carbonyl (C=O) groups excluding carboxylic acids is 1. The van der Waals surface area contributed by atoms with E-state index in [1.165, 1.54) is 12.1 Å². The van der Waals surface area contributed by atoms with Crippen molar-refractivity contribution in [1.29, 1.82) is 0 Å². The molecule has 1 unspecified atom stereocenters. The molecule has 0 fully saturated rings. The minimum atomic E-state index is -0.467. The van der Waals surface area contributed by atoms with E-state index < -0.39 is 11.8 Å². The minimum absolute atomic E-state index is 0.111. The number of rotatable bonds is 5. The van der Waals surface area contributed by atoms with Gasteiger partial charge < -0.3 is 10.6 Å². The molecule has 0 saturated carbocycles. The number of para-hydroxylation sites is 1. The molecule has 3 aromatic rings. The summed E-state index contributed by atoms with van der Waals surface area (Å²) in [7, 11) is 0. The molecule has 3 rings (SSSR count). The number of thiophene rings is 1. The maximum absolute atomic E-state index is 13.6. The van der Waals surface area contributed by atoms with Crippen LogP contribution in [0.25, 0.3) is 0 Å². The number of halogens is 1. The number of nitrogens with one attached hydrogen (secondary N) is 2. The quantitative estimate of drug-likeness (QED) is 0.721. The molecule has 0 saturated heterocycles. The number of aromatic nitrogens is 2. The molecular weight excluding hydrogens is 339 g/mol. The van der Waals surface area contributed by atoms with E-state index >= 15 is 0 Å². The highest BCUT2D eigenvalue weighted by Gasteiger charge is 2.19. The summed E-state index contributed by atoms with van der Waals surface area (Å²) in [5, 5.41) is 11.9. The lowest BCUT2D eigenvalue weighted by molar-refractivity contribution is 0.250. The standard InChI is InChI=1S/C18H19FN4OS/c1-12-10-13(2)23(22-12)16(17-8-5-9-25-17)11-20-18(24)21-15-7-4-3-6-14(15)19/h3-10,16H,11H2,1-2H3,(H2,20,21,24). The van der Waals surface area contributed by atoms with Crippen LogP contribution in [0.3, 0.4) is 0 Å². The molecule has 1 atom stereocenters. The van der Waals surface area contributed by atoms with Gasteiger partial charge in [-0.2, -0.15) is 5.10 Å². The van der Waals surface area contributed by atoms with Gasteiger partial charge in [0.1, 0.15) is 11.9 Å². The Morgan fingerprint density at radius 3 is 2.72 bits per heavy atom. The molecule has 7 heteroatoms. The van der Waals surface area contributed by atoms with Gasteiger partial charge in [-0.3, -0.25) is 4.68 Å². The number of anilines is 1. The van der Waals surface area contributed by atoms with Gasteiger partial charge in [0.05, 0.1) is 11.4 Å². The third-order valence-corrected chi connectivity index (χ3v) is 4.76. The highest BCUT2D eigenvalue weighted by atomic mass is 32.1. The molecule has 2 aromatic heterocycles. The van der Waals surface area contributed by atoms with Gasteiger partial charge in [-0.05, 0) is 43.5 Å². The van der Waals surface area contributed by atoms with E-state index in [4.69, 9.17) is 0 Å². The zero-order valence-electron chi connectivity index (χ0n) is 14.0. The van der Waals surface area contributed by atoms with E-state index in [0.717, 1.165) is 16.3 Å². The number of urea groups is 1. The molecule has 0 bridgehead atoms. The van der Waals surface area contributed by atoms with Crippen LogP contribution in [-0.4, -0.2) is 22.4 Å². The third kappa shape index (κ3) is 4.06. The molecule has 0 spiro atoms. The average molecular weight is 358 g/mol. The van der Waals surface area contributed by atoms with Crippen LogP contribution in [0.4, 0.5) is 14.9 Å². The van der Waals surface area contributed by atoms with E-state index in [-0.39, 0.29) is 11.7 Å². The van der Waals surface area contributed by atoms with Crippen LogP contribution in [0.2, 0.25) is 0 Å². The molecule has 2 amide bonds. The van der Waals surface area contributed by atoms with Gasteiger partial charge in [0.15, 0.2) is 0 Å². The lowest BCUT2D eigenvalue weighted by Crippen LogP contribution is -2.35. The Morgan fingerprint density at radius 2 is 2.08 bits per heavy atom. The number of carbonyl (C=O) groups is 1. The Labute approximate surface area is 149 Å². The highest BCUT2D eigenvalue weighted by molar-refractivity contribution is 7.10. The van der Waals surface area contributed by atoms with E-state index in [1.54, 1.807) is 23.5 Å². The summed E-state index contributed by atoms with van der Waals surface area (Å²) in [6.45, 7) is 4.27. The lowest BCUT2D eigenvalue weighted by atomic mass is 10.2. The second-order valence-corrected chi connectivity index (χ2v) is 6.70. The molecule has 0 radical (unpaired) electrons. The molecule has 0 aliphatic carbocycles. The Bertz CT molecular complexity index is 860. The first kappa shape index (κ1) is 17.2. The van der Waals surface area contributed by atoms with E-state index in [2.05, 4.69) is 15.7 Å². The number of nitrogens with zero attached hydrogens (tertiary/aromatic N) is 2. The zero-order valence-corrected chi connectivity index (χ0v) is 14.8. The summed E-state index contributed by atoms with van der Waals surface area (Å²) in [5.41, 5.74) is 2.10. The number of hydrogen-bond acceptors (Lipinski definition) is 3. The van der Waals surface area contributed by atoms with Crippen LogP contribution in [0.15, 0.2) is 47.8 Å². The maximum Gasteiger partial charge on any atom is 0.319 e. The zero-order chi connectivity index (χ0) is 17.8. The summed E-state index contributed by atoms with van der Waals surface area (Å²) in [6, 6.07) is 11.5. The van der Waals surface area contributed by atoms with Crippen LogP contribution in [0.5, 0.6) is 0 Å². The van der Waals surface area contributed by atoms with Crippen LogP contribution in [0.1, 0.15) is 22.3 Å². The second-order valence-electron chi connectivity index (χ2n) is 5.72. The van der Waals surface area contributed by atoms with Crippen molar-refractivity contribution in [2.75, 3.05) is 11.9 Å². The number of aryl methyl sites for hydroxylation is 2. The summed E-state index contributed by atoms with van der Waals surface area (Å²) >= 11 is 1.61. The Hall–Kier alpha value is -2.67. The predicted molar refractivity (Wildman–Crippen MR) is 97.6 cm³/mol. The van der Waals surface area contributed by atoms with Crippen LogP contribution >= 0.6 is 11.3 Å². The molecule has 0 aliphatic rings. The van der Waals surface area contributed by atoms with E-state index in [1.807, 2.05) is 42.1 Å². The summed E-state index contributed by atoms with van der Waals surface area (Å²) < 4.78 is 15.5. The van der Waals surface area contributed by atoms with E-state index in [9.17, 15) is 9.18 Å². The fraction of sp³-hybridized carbons (Fsp3) is 0.222. The average Bonchev–Trinajstić information content (AvgIpc) is 3.20. The molecule has 2 heterocycles. The number of benzene rings is 1. The molecule has 1 aromatic carbocycles. The van der Waals surface area contributed by atoms with Gasteiger partial charge in [0.25, 0.3) is 0 Å². The highest BCUT2D eigenvalue weighted by Crippen LogP contribution is 2.24. The largest absolute Gasteiger partial charge is 0.335 e. The van der Waals surface area contributed by atoms with Gasteiger partial charge in [-0.25, -0.2) is 9.18 Å². The molecule has 5 nitrogen and oxygen atoms in total. The molecule has 2 N–H and O–H groups in total. The monoisotopic (exact) mass is 358 g/mol. The third-order valence-electron chi connectivity index (χ3n) is 3.79. The first-order valence-electron chi connectivity index (χ1n) is 7.90. The van der Waals surface area contributed by atoms with E-state index in [0.29, 0.717) is 6.54 Å². The maximum atomic E-state index is 13.6. The predicted octanol–water partition coefficient (Wildman–Crippen LogP) is 4.11. The van der Waals surface area contributed by atoms with Crippen LogP contribution in [-0.2, 0) is 0 Å². The summed E-state index contributed by atoms with van der Waals surface area (Å²) in [4.78, 5) is 13.2. The first-order valence-corrected chi connectivity index (χ1v) is 8.78. The first-order chi connectivity index (χ1) is 12.0. The van der Waals surface area contributed by atoms with Gasteiger partial charge in [-0.1, -0.05) is 18.2 Å². The lowest BCUT2D eigenvalue weighted by Gasteiger charge is -2.19. The van der Waals surface area contributed by atoms with Gasteiger partial charge >= 0.3 is 6.03 Å². The smallest absolute Gasteiger partial charge is 0.319 e. The Morgan fingerprint density at radius 1 is 1.28 bits per heavy atom. The fourth-order valence-electron chi connectivity index (χ4n) is 2.67. The van der Waals surface area contributed by atoms with Gasteiger partial charge in [-0.15, -0.1) is 11.3 Å². The van der Waals surface area contributed by atoms with Crippen molar-refractivity contribution in [2.24, 2.45) is 0 Å². The second kappa shape index (κ2) is 7.48. The SMILES string of the molecule is Cc1cc(C)n(C(CNC(=O)Nc2ccccc2F)c2cccs2)n1. The molecular formula is C18H19FN4OS. The van der Waals surface area contributed by atoms with Crippen molar-refractivity contribution in [3.05, 3.63) is 69.9 Å². The molecule has 130 valence electrons.